The highest BCUT2D eigenvalue weighted by Crippen LogP contribution is 2.36. The van der Waals surface area contributed by atoms with Crippen LogP contribution in [-0.4, -0.2) is 25.3 Å². The molecule has 0 unspecified atom stereocenters. The molecule has 0 radical (unpaired) electrons. The Morgan fingerprint density at radius 1 is 1.41 bits per heavy atom. The van der Waals surface area contributed by atoms with Crippen LogP contribution in [0.2, 0.25) is 10.0 Å². The second kappa shape index (κ2) is 7.20. The van der Waals surface area contributed by atoms with E-state index in [0.29, 0.717) is 29.7 Å². The van der Waals surface area contributed by atoms with Gasteiger partial charge in [-0.3, -0.25) is 4.79 Å². The number of rotatable bonds is 7. The molecule has 0 aliphatic carbocycles. The Labute approximate surface area is 141 Å². The molecule has 2 atom stereocenters. The number of esters is 1. The van der Waals surface area contributed by atoms with Crippen LogP contribution in [0, 0.1) is 5.41 Å². The Morgan fingerprint density at radius 2 is 2.00 bits per heavy atom. The van der Waals surface area contributed by atoms with E-state index in [-0.39, 0.29) is 18.0 Å². The third-order valence-corrected chi connectivity index (χ3v) is 4.71. The minimum absolute atomic E-state index is 0.0978. The molecule has 5 heteroatoms. The zero-order valence-corrected chi connectivity index (χ0v) is 14.7. The molecule has 0 N–H and O–H groups in total. The minimum atomic E-state index is -0.531. The molecule has 22 heavy (non-hydrogen) atoms. The Balaban J connectivity index is 1.90. The standard InChI is InChI=1S/C17H22Cl2O3/c1-11(15-13(18)5-4-6-14(15)19)7-8-17(2,3)16(20)22-10-12-9-21-12/h4-6,11-12H,7-10H2,1-3H3/t11-,12-/m0/s1. The lowest BCUT2D eigenvalue weighted by molar-refractivity contribution is -0.154. The molecule has 1 saturated heterocycles. The average molecular weight is 345 g/mol. The molecule has 0 spiro atoms. The van der Waals surface area contributed by atoms with Crippen molar-refractivity contribution in [1.29, 1.82) is 0 Å². The zero-order valence-electron chi connectivity index (χ0n) is 13.2. The number of epoxide rings is 1. The number of hydrogen-bond acceptors (Lipinski definition) is 3. The van der Waals surface area contributed by atoms with Crippen molar-refractivity contribution < 1.29 is 14.3 Å². The van der Waals surface area contributed by atoms with E-state index in [1.54, 1.807) is 0 Å². The molecule has 1 aromatic rings. The molecular formula is C17H22Cl2O3. The van der Waals surface area contributed by atoms with Gasteiger partial charge < -0.3 is 9.47 Å². The summed E-state index contributed by atoms with van der Waals surface area (Å²) in [5.74, 6) is 0.000459. The third kappa shape index (κ3) is 4.61. The SMILES string of the molecule is C[C@@H](CCC(C)(C)C(=O)OC[C@@H]1CO1)c1c(Cl)cccc1Cl. The number of ether oxygens (including phenoxy) is 2. The summed E-state index contributed by atoms with van der Waals surface area (Å²) in [4.78, 5) is 12.2. The number of halogens is 2. The summed E-state index contributed by atoms with van der Waals surface area (Å²) in [6.07, 6.45) is 1.62. The van der Waals surface area contributed by atoms with Gasteiger partial charge in [0.25, 0.3) is 0 Å². The topological polar surface area (TPSA) is 38.8 Å². The maximum absolute atomic E-state index is 12.2. The first-order valence-electron chi connectivity index (χ1n) is 7.54. The Kier molecular flexibility index (Phi) is 5.76. The first-order chi connectivity index (χ1) is 10.3. The number of carbonyl (C=O) groups is 1. The molecule has 3 nitrogen and oxygen atoms in total. The van der Waals surface area contributed by atoms with Crippen LogP contribution in [0.1, 0.15) is 45.1 Å². The number of hydrogen-bond donors (Lipinski definition) is 0. The van der Waals surface area contributed by atoms with Crippen molar-refractivity contribution in [2.24, 2.45) is 5.41 Å². The van der Waals surface area contributed by atoms with E-state index in [1.165, 1.54) is 0 Å². The van der Waals surface area contributed by atoms with Crippen molar-refractivity contribution in [3.8, 4) is 0 Å². The summed E-state index contributed by atoms with van der Waals surface area (Å²) in [6.45, 7) is 6.94. The first kappa shape index (κ1) is 17.6. The molecule has 1 fully saturated rings. The van der Waals surface area contributed by atoms with Gasteiger partial charge in [0.2, 0.25) is 0 Å². The van der Waals surface area contributed by atoms with Gasteiger partial charge in [0.1, 0.15) is 12.7 Å². The van der Waals surface area contributed by atoms with E-state index < -0.39 is 5.41 Å². The van der Waals surface area contributed by atoms with Gasteiger partial charge >= 0.3 is 5.97 Å². The van der Waals surface area contributed by atoms with Crippen molar-refractivity contribution >= 4 is 29.2 Å². The lowest BCUT2D eigenvalue weighted by Gasteiger charge is -2.24. The lowest BCUT2D eigenvalue weighted by atomic mass is 9.83. The molecule has 0 saturated carbocycles. The largest absolute Gasteiger partial charge is 0.462 e. The highest BCUT2D eigenvalue weighted by atomic mass is 35.5. The van der Waals surface area contributed by atoms with E-state index in [2.05, 4.69) is 6.92 Å². The third-order valence-electron chi connectivity index (χ3n) is 4.05. The fraction of sp³-hybridized carbons (Fsp3) is 0.588. The molecule has 122 valence electrons. The van der Waals surface area contributed by atoms with Gasteiger partial charge in [-0.1, -0.05) is 36.2 Å². The molecule has 1 aromatic carbocycles. The summed E-state index contributed by atoms with van der Waals surface area (Å²) in [5, 5.41) is 1.34. The molecule has 0 amide bonds. The molecule has 1 heterocycles. The van der Waals surface area contributed by atoms with Gasteiger partial charge in [0.05, 0.1) is 12.0 Å². The van der Waals surface area contributed by atoms with Gasteiger partial charge in [-0.15, -0.1) is 0 Å². The monoisotopic (exact) mass is 344 g/mol. The maximum atomic E-state index is 12.2. The lowest BCUT2D eigenvalue weighted by Crippen LogP contribution is -2.28. The highest BCUT2D eigenvalue weighted by Gasteiger charge is 2.32. The molecule has 1 aliphatic rings. The molecular weight excluding hydrogens is 323 g/mol. The fourth-order valence-electron chi connectivity index (χ4n) is 2.33. The van der Waals surface area contributed by atoms with Crippen molar-refractivity contribution in [3.63, 3.8) is 0 Å². The fourth-order valence-corrected chi connectivity index (χ4v) is 3.10. The van der Waals surface area contributed by atoms with Crippen LogP contribution < -0.4 is 0 Å². The molecule has 2 rings (SSSR count). The van der Waals surface area contributed by atoms with Crippen molar-refractivity contribution in [2.75, 3.05) is 13.2 Å². The Hall–Kier alpha value is -0.770. The van der Waals surface area contributed by atoms with Gasteiger partial charge in [0.15, 0.2) is 0 Å². The van der Waals surface area contributed by atoms with E-state index in [0.717, 1.165) is 12.0 Å². The van der Waals surface area contributed by atoms with E-state index in [9.17, 15) is 4.79 Å². The van der Waals surface area contributed by atoms with Crippen molar-refractivity contribution in [1.82, 2.24) is 0 Å². The summed E-state index contributed by atoms with van der Waals surface area (Å²) in [6, 6.07) is 5.52. The predicted molar refractivity (Wildman–Crippen MR) is 88.6 cm³/mol. The van der Waals surface area contributed by atoms with E-state index >= 15 is 0 Å². The van der Waals surface area contributed by atoms with Gasteiger partial charge in [-0.2, -0.15) is 0 Å². The van der Waals surface area contributed by atoms with Crippen LogP contribution in [0.15, 0.2) is 18.2 Å². The van der Waals surface area contributed by atoms with Gasteiger partial charge in [-0.25, -0.2) is 0 Å². The zero-order chi connectivity index (χ0) is 16.3. The second-order valence-corrected chi connectivity index (χ2v) is 7.33. The summed E-state index contributed by atoms with van der Waals surface area (Å²) < 4.78 is 10.3. The van der Waals surface area contributed by atoms with Gasteiger partial charge in [0, 0.05) is 10.0 Å². The highest BCUT2D eigenvalue weighted by molar-refractivity contribution is 6.36. The smallest absolute Gasteiger partial charge is 0.311 e. The van der Waals surface area contributed by atoms with Gasteiger partial charge in [-0.05, 0) is 50.3 Å². The molecule has 0 bridgehead atoms. The van der Waals surface area contributed by atoms with Crippen LogP contribution in [0.3, 0.4) is 0 Å². The minimum Gasteiger partial charge on any atom is -0.462 e. The van der Waals surface area contributed by atoms with Crippen LogP contribution in [0.5, 0.6) is 0 Å². The molecule has 0 aromatic heterocycles. The van der Waals surface area contributed by atoms with Crippen LogP contribution in [0.4, 0.5) is 0 Å². The van der Waals surface area contributed by atoms with Crippen LogP contribution >= 0.6 is 23.2 Å². The van der Waals surface area contributed by atoms with Crippen molar-refractivity contribution in [3.05, 3.63) is 33.8 Å². The van der Waals surface area contributed by atoms with Crippen LogP contribution in [0.25, 0.3) is 0 Å². The van der Waals surface area contributed by atoms with Crippen LogP contribution in [-0.2, 0) is 14.3 Å². The quantitative estimate of drug-likeness (QED) is 0.524. The van der Waals surface area contributed by atoms with E-state index in [1.807, 2.05) is 32.0 Å². The first-order valence-corrected chi connectivity index (χ1v) is 8.29. The summed E-state index contributed by atoms with van der Waals surface area (Å²) in [5.41, 5.74) is 0.415. The predicted octanol–water partition coefficient (Wildman–Crippen LogP) is 4.85. The van der Waals surface area contributed by atoms with E-state index in [4.69, 9.17) is 32.7 Å². The Morgan fingerprint density at radius 3 is 2.55 bits per heavy atom. The van der Waals surface area contributed by atoms with Crippen molar-refractivity contribution in [2.45, 2.75) is 45.6 Å². The normalized spacial score (nSPS) is 18.9. The summed E-state index contributed by atoms with van der Waals surface area (Å²) >= 11 is 12.5. The Bertz CT molecular complexity index is 518. The summed E-state index contributed by atoms with van der Waals surface area (Å²) in [7, 11) is 0. The average Bonchev–Trinajstić information content (AvgIpc) is 3.26. The second-order valence-electron chi connectivity index (χ2n) is 6.51. The maximum Gasteiger partial charge on any atom is 0.311 e. The molecule has 1 aliphatic heterocycles. The number of carbonyl (C=O) groups excluding carboxylic acids is 1. The number of benzene rings is 1.